The third-order valence-corrected chi connectivity index (χ3v) is 5.41. The average molecular weight is 383 g/mol. The molecule has 0 N–H and O–H groups in total. The number of anilines is 1. The molecule has 25 heavy (non-hydrogen) atoms. The van der Waals surface area contributed by atoms with Crippen molar-refractivity contribution in [3.05, 3.63) is 40.4 Å². The van der Waals surface area contributed by atoms with Crippen LogP contribution in [0.5, 0.6) is 0 Å². The second-order valence-electron chi connectivity index (χ2n) is 5.18. The van der Waals surface area contributed by atoms with E-state index in [1.54, 1.807) is 0 Å². The summed E-state index contributed by atoms with van der Waals surface area (Å²) in [6.45, 7) is 1.43. The Balaban J connectivity index is 2.01. The standard InChI is InChI=1S/C15H17N3O5S2/c1-4-12-14(24-17-16-12)15(20)23-9-13(19)10-5-7-11(8-6-10)18(2)25(3,21)22/h5-8H,4,9H2,1-3H3. The van der Waals surface area contributed by atoms with E-state index in [1.165, 1.54) is 31.3 Å². The van der Waals surface area contributed by atoms with Crippen LogP contribution in [-0.4, -0.2) is 49.7 Å². The molecule has 0 aliphatic carbocycles. The number of carbonyl (C=O) groups is 2. The van der Waals surface area contributed by atoms with Crippen molar-refractivity contribution < 1.29 is 22.7 Å². The number of benzene rings is 1. The third-order valence-electron chi connectivity index (χ3n) is 3.46. The second kappa shape index (κ2) is 7.70. The maximum Gasteiger partial charge on any atom is 0.352 e. The Bertz CT molecular complexity index is 875. The zero-order chi connectivity index (χ0) is 18.6. The zero-order valence-corrected chi connectivity index (χ0v) is 15.6. The minimum atomic E-state index is -3.37. The predicted octanol–water partition coefficient (Wildman–Crippen LogP) is 1.54. The number of aryl methyl sites for hydroxylation is 1. The molecule has 2 aromatic rings. The Kier molecular flexibility index (Phi) is 5.85. The lowest BCUT2D eigenvalue weighted by molar-refractivity contribution is 0.0478. The summed E-state index contributed by atoms with van der Waals surface area (Å²) in [5.41, 5.74) is 1.28. The van der Waals surface area contributed by atoms with Gasteiger partial charge < -0.3 is 4.74 Å². The molecule has 0 amide bonds. The van der Waals surface area contributed by atoms with Gasteiger partial charge in [-0.15, -0.1) is 5.10 Å². The monoisotopic (exact) mass is 383 g/mol. The molecule has 2 rings (SSSR count). The molecule has 0 bridgehead atoms. The highest BCUT2D eigenvalue weighted by Crippen LogP contribution is 2.17. The molecule has 0 fully saturated rings. The zero-order valence-electron chi connectivity index (χ0n) is 13.9. The van der Waals surface area contributed by atoms with Crippen LogP contribution in [0.25, 0.3) is 0 Å². The minimum Gasteiger partial charge on any atom is -0.453 e. The third kappa shape index (κ3) is 4.60. The van der Waals surface area contributed by atoms with E-state index in [2.05, 4.69) is 9.59 Å². The van der Waals surface area contributed by atoms with E-state index in [-0.39, 0.29) is 0 Å². The summed E-state index contributed by atoms with van der Waals surface area (Å²) >= 11 is 0.928. The van der Waals surface area contributed by atoms with Gasteiger partial charge in [0.05, 0.1) is 17.6 Å². The van der Waals surface area contributed by atoms with Crippen LogP contribution in [0.2, 0.25) is 0 Å². The molecule has 134 valence electrons. The Morgan fingerprint density at radius 3 is 2.44 bits per heavy atom. The van der Waals surface area contributed by atoms with Crippen molar-refractivity contribution in [2.24, 2.45) is 0 Å². The van der Waals surface area contributed by atoms with E-state index in [1.807, 2.05) is 6.92 Å². The highest BCUT2D eigenvalue weighted by Gasteiger charge is 2.18. The van der Waals surface area contributed by atoms with Gasteiger partial charge in [0.25, 0.3) is 0 Å². The second-order valence-corrected chi connectivity index (χ2v) is 7.95. The molecule has 1 heterocycles. The number of esters is 1. The molecule has 0 saturated heterocycles. The summed E-state index contributed by atoms with van der Waals surface area (Å²) in [6, 6.07) is 5.99. The van der Waals surface area contributed by atoms with Crippen molar-refractivity contribution in [1.29, 1.82) is 0 Å². The number of carbonyl (C=O) groups excluding carboxylic acids is 2. The molecular weight excluding hydrogens is 366 g/mol. The number of nitrogens with zero attached hydrogens (tertiary/aromatic N) is 3. The summed E-state index contributed by atoms with van der Waals surface area (Å²) < 4.78 is 32.8. The predicted molar refractivity (Wildman–Crippen MR) is 93.6 cm³/mol. The van der Waals surface area contributed by atoms with E-state index in [0.717, 1.165) is 22.1 Å². The van der Waals surface area contributed by atoms with Crippen LogP contribution >= 0.6 is 11.5 Å². The molecule has 10 heteroatoms. The van der Waals surface area contributed by atoms with Crippen molar-refractivity contribution in [3.63, 3.8) is 0 Å². The van der Waals surface area contributed by atoms with Crippen LogP contribution in [0.3, 0.4) is 0 Å². The Morgan fingerprint density at radius 2 is 1.88 bits per heavy atom. The summed E-state index contributed by atoms with van der Waals surface area (Å²) in [4.78, 5) is 24.4. The van der Waals surface area contributed by atoms with Gasteiger partial charge >= 0.3 is 5.97 Å². The fourth-order valence-electron chi connectivity index (χ4n) is 1.92. The number of Topliss-reactive ketones (excluding diaryl/α,β-unsaturated/α-hetero) is 1. The van der Waals surface area contributed by atoms with E-state index in [0.29, 0.717) is 28.2 Å². The van der Waals surface area contributed by atoms with Crippen LogP contribution in [0.15, 0.2) is 24.3 Å². The van der Waals surface area contributed by atoms with Gasteiger partial charge in [-0.3, -0.25) is 9.10 Å². The summed E-state index contributed by atoms with van der Waals surface area (Å²) in [6.07, 6.45) is 1.63. The first-order valence-corrected chi connectivity index (χ1v) is 9.91. The highest BCUT2D eigenvalue weighted by molar-refractivity contribution is 7.92. The first-order chi connectivity index (χ1) is 11.7. The molecule has 0 aliphatic rings. The number of hydrogen-bond donors (Lipinski definition) is 0. The number of ketones is 1. The van der Waals surface area contributed by atoms with Gasteiger partial charge in [0, 0.05) is 12.6 Å². The number of sulfonamides is 1. The molecule has 0 unspecified atom stereocenters. The molecule has 8 nitrogen and oxygen atoms in total. The first-order valence-electron chi connectivity index (χ1n) is 7.29. The number of aromatic nitrogens is 2. The largest absolute Gasteiger partial charge is 0.453 e. The Hall–Kier alpha value is -2.33. The lowest BCUT2D eigenvalue weighted by atomic mass is 10.1. The van der Waals surface area contributed by atoms with Gasteiger partial charge in [-0.1, -0.05) is 11.4 Å². The smallest absolute Gasteiger partial charge is 0.352 e. The van der Waals surface area contributed by atoms with Crippen molar-refractivity contribution in [2.75, 3.05) is 24.2 Å². The van der Waals surface area contributed by atoms with E-state index in [4.69, 9.17) is 4.74 Å². The lowest BCUT2D eigenvalue weighted by Gasteiger charge is -2.16. The Morgan fingerprint density at radius 1 is 1.24 bits per heavy atom. The number of ether oxygens (including phenoxy) is 1. The molecule has 0 spiro atoms. The van der Waals surface area contributed by atoms with Gasteiger partial charge in [-0.2, -0.15) is 0 Å². The molecule has 0 atom stereocenters. The van der Waals surface area contributed by atoms with Gasteiger partial charge in [0.1, 0.15) is 0 Å². The fourth-order valence-corrected chi connectivity index (χ4v) is 3.07. The maximum atomic E-state index is 12.1. The summed E-state index contributed by atoms with van der Waals surface area (Å²) in [7, 11) is -1.95. The minimum absolute atomic E-state index is 0.292. The van der Waals surface area contributed by atoms with Gasteiger partial charge in [-0.05, 0) is 42.2 Å². The quantitative estimate of drug-likeness (QED) is 0.527. The molecule has 0 radical (unpaired) electrons. The van der Waals surface area contributed by atoms with Gasteiger partial charge in [0.2, 0.25) is 10.0 Å². The Labute approximate surface area is 149 Å². The number of rotatable bonds is 7. The average Bonchev–Trinajstić information content (AvgIpc) is 3.06. The molecule has 1 aromatic heterocycles. The van der Waals surface area contributed by atoms with E-state index in [9.17, 15) is 18.0 Å². The topological polar surface area (TPSA) is 107 Å². The molecular formula is C15H17N3O5S2. The van der Waals surface area contributed by atoms with Crippen LogP contribution in [0.1, 0.15) is 32.6 Å². The number of hydrogen-bond acceptors (Lipinski definition) is 8. The SMILES string of the molecule is CCc1nnsc1C(=O)OCC(=O)c1ccc(N(C)S(C)(=O)=O)cc1. The first kappa shape index (κ1) is 19.0. The van der Waals surface area contributed by atoms with Crippen molar-refractivity contribution in [1.82, 2.24) is 9.59 Å². The molecule has 0 saturated carbocycles. The normalized spacial score (nSPS) is 11.2. The fraction of sp³-hybridized carbons (Fsp3) is 0.333. The maximum absolute atomic E-state index is 12.1. The van der Waals surface area contributed by atoms with Crippen molar-refractivity contribution in [3.8, 4) is 0 Å². The molecule has 1 aromatic carbocycles. The van der Waals surface area contributed by atoms with Gasteiger partial charge in [0.15, 0.2) is 17.3 Å². The van der Waals surface area contributed by atoms with E-state index >= 15 is 0 Å². The van der Waals surface area contributed by atoms with Crippen molar-refractivity contribution in [2.45, 2.75) is 13.3 Å². The molecule has 0 aliphatic heterocycles. The lowest BCUT2D eigenvalue weighted by Crippen LogP contribution is -2.24. The van der Waals surface area contributed by atoms with Crippen LogP contribution in [0.4, 0.5) is 5.69 Å². The van der Waals surface area contributed by atoms with Gasteiger partial charge in [-0.25, -0.2) is 13.2 Å². The van der Waals surface area contributed by atoms with Crippen LogP contribution in [-0.2, 0) is 21.2 Å². The van der Waals surface area contributed by atoms with Crippen LogP contribution < -0.4 is 4.31 Å². The highest BCUT2D eigenvalue weighted by atomic mass is 32.2. The van der Waals surface area contributed by atoms with Crippen molar-refractivity contribution >= 4 is 39.0 Å². The van der Waals surface area contributed by atoms with Crippen LogP contribution in [0, 0.1) is 0 Å². The van der Waals surface area contributed by atoms with E-state index < -0.39 is 28.4 Å². The summed E-state index contributed by atoms with van der Waals surface area (Å²) in [5.74, 6) is -1.02. The summed E-state index contributed by atoms with van der Waals surface area (Å²) in [5, 5.41) is 3.82.